The van der Waals surface area contributed by atoms with Gasteiger partial charge in [0.05, 0.1) is 12.7 Å². The Bertz CT molecular complexity index is 170. The van der Waals surface area contributed by atoms with E-state index in [0.717, 1.165) is 13.0 Å². The fraction of sp³-hybridized carbons (Fsp3) is 1.00. The van der Waals surface area contributed by atoms with Crippen molar-refractivity contribution in [2.75, 3.05) is 19.7 Å². The molecule has 0 amide bonds. The van der Waals surface area contributed by atoms with Crippen molar-refractivity contribution in [1.82, 2.24) is 10.6 Å². The molecule has 0 aromatic carbocycles. The Hall–Kier alpha value is -0.160. The van der Waals surface area contributed by atoms with Crippen LogP contribution in [0.5, 0.6) is 0 Å². The van der Waals surface area contributed by atoms with Gasteiger partial charge in [0.2, 0.25) is 0 Å². The van der Waals surface area contributed by atoms with Crippen LogP contribution in [-0.2, 0) is 0 Å². The van der Waals surface area contributed by atoms with Gasteiger partial charge in [0.1, 0.15) is 0 Å². The van der Waals surface area contributed by atoms with Crippen molar-refractivity contribution in [3.8, 4) is 0 Å². The van der Waals surface area contributed by atoms with E-state index in [1.54, 1.807) is 0 Å². The van der Waals surface area contributed by atoms with Gasteiger partial charge in [-0.1, -0.05) is 12.8 Å². The number of nitrogens with one attached hydrogen (secondary N) is 2. The molecular weight excluding hydrogens is 204 g/mol. The third kappa shape index (κ3) is 5.80. The van der Waals surface area contributed by atoms with Crippen LogP contribution in [0, 0.1) is 0 Å². The average Bonchev–Trinajstić information content (AvgIpc) is 2.54. The van der Waals surface area contributed by atoms with Gasteiger partial charge in [0, 0.05) is 18.6 Å². The molecule has 0 spiro atoms. The van der Waals surface area contributed by atoms with Crippen LogP contribution in [0.3, 0.4) is 0 Å². The first-order valence-electron chi connectivity index (χ1n) is 6.48. The highest BCUT2D eigenvalue weighted by Crippen LogP contribution is 2.12. The number of rotatable bonds is 6. The van der Waals surface area contributed by atoms with Crippen LogP contribution in [0.1, 0.15) is 39.0 Å². The number of hydrogen-bond donors (Lipinski definition) is 4. The Labute approximate surface area is 98.4 Å². The smallest absolute Gasteiger partial charge is 0.0895 e. The van der Waals surface area contributed by atoms with Crippen molar-refractivity contribution >= 4 is 0 Å². The normalized spacial score (nSPS) is 26.1. The monoisotopic (exact) mass is 230 g/mol. The van der Waals surface area contributed by atoms with Crippen molar-refractivity contribution < 1.29 is 10.2 Å². The van der Waals surface area contributed by atoms with Crippen LogP contribution in [-0.4, -0.2) is 48.1 Å². The van der Waals surface area contributed by atoms with E-state index in [2.05, 4.69) is 17.6 Å². The SMILES string of the molecule is CC(CC1CCCCCN1)NCC(O)CO. The van der Waals surface area contributed by atoms with Crippen LogP contribution < -0.4 is 10.6 Å². The summed E-state index contributed by atoms with van der Waals surface area (Å²) in [6.45, 7) is 3.58. The fourth-order valence-electron chi connectivity index (χ4n) is 2.21. The van der Waals surface area contributed by atoms with Gasteiger partial charge in [-0.25, -0.2) is 0 Å². The van der Waals surface area contributed by atoms with Crippen molar-refractivity contribution in [3.05, 3.63) is 0 Å². The standard InChI is InChI=1S/C12H26N2O2/c1-10(14-8-12(16)9-15)7-11-5-3-2-4-6-13-11/h10-16H,2-9H2,1H3. The molecule has 0 radical (unpaired) electrons. The zero-order valence-electron chi connectivity index (χ0n) is 10.3. The maximum absolute atomic E-state index is 9.23. The van der Waals surface area contributed by atoms with Crippen LogP contribution >= 0.6 is 0 Å². The summed E-state index contributed by atoms with van der Waals surface area (Å²) in [6, 6.07) is 0.994. The second-order valence-electron chi connectivity index (χ2n) is 4.88. The van der Waals surface area contributed by atoms with Gasteiger partial charge in [0.15, 0.2) is 0 Å². The molecule has 1 fully saturated rings. The molecule has 0 aromatic heterocycles. The Morgan fingerprint density at radius 1 is 1.38 bits per heavy atom. The van der Waals surface area contributed by atoms with E-state index in [0.29, 0.717) is 18.6 Å². The van der Waals surface area contributed by atoms with Gasteiger partial charge in [-0.2, -0.15) is 0 Å². The predicted molar refractivity (Wildman–Crippen MR) is 65.4 cm³/mol. The molecule has 4 heteroatoms. The largest absolute Gasteiger partial charge is 0.394 e. The van der Waals surface area contributed by atoms with Crippen LogP contribution in [0.15, 0.2) is 0 Å². The van der Waals surface area contributed by atoms with E-state index < -0.39 is 6.10 Å². The topological polar surface area (TPSA) is 64.5 Å². The van der Waals surface area contributed by atoms with Crippen LogP contribution in [0.4, 0.5) is 0 Å². The molecule has 3 unspecified atom stereocenters. The van der Waals surface area contributed by atoms with E-state index in [1.165, 1.54) is 25.7 Å². The molecule has 1 rings (SSSR count). The minimum Gasteiger partial charge on any atom is -0.394 e. The summed E-state index contributed by atoms with van der Waals surface area (Å²) in [6.07, 6.45) is 5.68. The van der Waals surface area contributed by atoms with E-state index in [4.69, 9.17) is 5.11 Å². The summed E-state index contributed by atoms with van der Waals surface area (Å²) in [5.41, 5.74) is 0. The quantitative estimate of drug-likeness (QED) is 0.528. The van der Waals surface area contributed by atoms with E-state index >= 15 is 0 Å². The lowest BCUT2D eigenvalue weighted by molar-refractivity contribution is 0.0917. The summed E-state index contributed by atoms with van der Waals surface area (Å²) in [5.74, 6) is 0. The maximum Gasteiger partial charge on any atom is 0.0895 e. The Morgan fingerprint density at radius 3 is 2.94 bits per heavy atom. The van der Waals surface area contributed by atoms with E-state index in [-0.39, 0.29) is 6.61 Å². The van der Waals surface area contributed by atoms with Crippen LogP contribution in [0.25, 0.3) is 0 Å². The minimum absolute atomic E-state index is 0.165. The zero-order chi connectivity index (χ0) is 11.8. The highest BCUT2D eigenvalue weighted by molar-refractivity contribution is 4.76. The lowest BCUT2D eigenvalue weighted by Gasteiger charge is -2.22. The van der Waals surface area contributed by atoms with E-state index in [9.17, 15) is 5.11 Å². The molecule has 1 heterocycles. The molecule has 3 atom stereocenters. The summed E-state index contributed by atoms with van der Waals surface area (Å²) in [4.78, 5) is 0. The summed E-state index contributed by atoms with van der Waals surface area (Å²) >= 11 is 0. The number of hydrogen-bond acceptors (Lipinski definition) is 4. The lowest BCUT2D eigenvalue weighted by atomic mass is 10.0. The molecule has 0 aliphatic carbocycles. The maximum atomic E-state index is 9.23. The second-order valence-corrected chi connectivity index (χ2v) is 4.88. The minimum atomic E-state index is -0.635. The summed E-state index contributed by atoms with van der Waals surface area (Å²) in [7, 11) is 0. The first-order valence-corrected chi connectivity index (χ1v) is 6.48. The molecular formula is C12H26N2O2. The van der Waals surface area contributed by atoms with Crippen LogP contribution in [0.2, 0.25) is 0 Å². The third-order valence-electron chi connectivity index (χ3n) is 3.21. The highest BCUT2D eigenvalue weighted by Gasteiger charge is 2.15. The summed E-state index contributed by atoms with van der Waals surface area (Å²) < 4.78 is 0. The fourth-order valence-corrected chi connectivity index (χ4v) is 2.21. The zero-order valence-corrected chi connectivity index (χ0v) is 10.3. The molecule has 96 valence electrons. The highest BCUT2D eigenvalue weighted by atomic mass is 16.3. The van der Waals surface area contributed by atoms with Crippen molar-refractivity contribution in [2.45, 2.75) is 57.2 Å². The molecule has 1 saturated heterocycles. The average molecular weight is 230 g/mol. The Kier molecular flexibility index (Phi) is 6.96. The first-order chi connectivity index (χ1) is 7.72. The molecule has 16 heavy (non-hydrogen) atoms. The van der Waals surface area contributed by atoms with Gasteiger partial charge >= 0.3 is 0 Å². The second kappa shape index (κ2) is 8.01. The predicted octanol–water partition coefficient (Wildman–Crippen LogP) is 0.240. The molecule has 4 N–H and O–H groups in total. The van der Waals surface area contributed by atoms with Gasteiger partial charge in [-0.05, 0) is 32.7 Å². The molecule has 1 aliphatic heterocycles. The molecule has 0 aromatic rings. The van der Waals surface area contributed by atoms with E-state index in [1.807, 2.05) is 0 Å². The van der Waals surface area contributed by atoms with Crippen molar-refractivity contribution in [3.63, 3.8) is 0 Å². The van der Waals surface area contributed by atoms with Gasteiger partial charge < -0.3 is 20.8 Å². The van der Waals surface area contributed by atoms with Gasteiger partial charge in [0.25, 0.3) is 0 Å². The lowest BCUT2D eigenvalue weighted by Crippen LogP contribution is -2.40. The third-order valence-corrected chi connectivity index (χ3v) is 3.21. The molecule has 0 bridgehead atoms. The molecule has 4 nitrogen and oxygen atoms in total. The number of aliphatic hydroxyl groups excluding tert-OH is 2. The first kappa shape index (κ1) is 13.9. The van der Waals surface area contributed by atoms with Gasteiger partial charge in [-0.3, -0.25) is 0 Å². The summed E-state index contributed by atoms with van der Waals surface area (Å²) in [5, 5.41) is 24.7. The van der Waals surface area contributed by atoms with Gasteiger partial charge in [-0.15, -0.1) is 0 Å². The van der Waals surface area contributed by atoms with Crippen molar-refractivity contribution in [2.24, 2.45) is 0 Å². The molecule has 1 aliphatic rings. The molecule has 0 saturated carbocycles. The number of aliphatic hydroxyl groups is 2. The Morgan fingerprint density at radius 2 is 2.19 bits per heavy atom. The Balaban J connectivity index is 2.14. The van der Waals surface area contributed by atoms with Crippen molar-refractivity contribution in [1.29, 1.82) is 0 Å².